The first kappa shape index (κ1) is 17.8. The zero-order chi connectivity index (χ0) is 17.9. The summed E-state index contributed by atoms with van der Waals surface area (Å²) in [5, 5.41) is 12.5. The minimum atomic E-state index is -0.0169. The first-order valence-electron chi connectivity index (χ1n) is 8.72. The quantitative estimate of drug-likeness (QED) is 0.804. The monoisotopic (exact) mass is 345 g/mol. The number of rotatable bonds is 7. The molecule has 25 heavy (non-hydrogen) atoms. The smallest absolute Gasteiger partial charge is 0.161 e. The average Bonchev–Trinajstić information content (AvgIpc) is 3.05. The van der Waals surface area contributed by atoms with Gasteiger partial charge in [-0.15, -0.1) is 0 Å². The zero-order valence-electron chi connectivity index (χ0n) is 15.2. The molecule has 5 heteroatoms. The number of hydrogen-bond donors (Lipinski definition) is 2. The van der Waals surface area contributed by atoms with Gasteiger partial charge in [0.1, 0.15) is 12.4 Å². The second kappa shape index (κ2) is 7.50. The Bertz CT molecular complexity index is 707. The minimum absolute atomic E-state index is 0.0169. The Morgan fingerprint density at radius 3 is 2.88 bits per heavy atom. The highest BCUT2D eigenvalue weighted by Crippen LogP contribution is 2.41. The van der Waals surface area contributed by atoms with Crippen LogP contribution < -0.4 is 14.8 Å². The summed E-state index contributed by atoms with van der Waals surface area (Å²) in [5.74, 6) is 2.43. The first-order valence-corrected chi connectivity index (χ1v) is 8.72. The number of aliphatic hydroxyl groups is 1. The fourth-order valence-electron chi connectivity index (χ4n) is 3.49. The topological polar surface area (TPSA) is 63.9 Å². The van der Waals surface area contributed by atoms with E-state index in [0.29, 0.717) is 11.5 Å². The molecule has 1 aromatic heterocycles. The number of fused-ring (bicyclic) bond motifs is 1. The van der Waals surface area contributed by atoms with E-state index in [1.165, 1.54) is 5.56 Å². The van der Waals surface area contributed by atoms with E-state index < -0.39 is 0 Å². The lowest BCUT2D eigenvalue weighted by atomic mass is 9.75. The van der Waals surface area contributed by atoms with Crippen molar-refractivity contribution in [2.75, 3.05) is 20.3 Å². The second-order valence-corrected chi connectivity index (χ2v) is 7.33. The molecule has 136 valence electrons. The van der Waals surface area contributed by atoms with Gasteiger partial charge in [-0.2, -0.15) is 0 Å². The van der Waals surface area contributed by atoms with Crippen molar-refractivity contribution < 1.29 is 19.0 Å². The molecule has 3 rings (SSSR count). The van der Waals surface area contributed by atoms with E-state index in [1.807, 2.05) is 18.2 Å². The van der Waals surface area contributed by atoms with E-state index in [4.69, 9.17) is 19.0 Å². The summed E-state index contributed by atoms with van der Waals surface area (Å²) in [5.41, 5.74) is 2.62. The zero-order valence-corrected chi connectivity index (χ0v) is 15.2. The van der Waals surface area contributed by atoms with Gasteiger partial charge in [-0.1, -0.05) is 19.9 Å². The average molecular weight is 345 g/mol. The predicted octanol–water partition coefficient (Wildman–Crippen LogP) is 3.46. The van der Waals surface area contributed by atoms with Gasteiger partial charge in [0.25, 0.3) is 0 Å². The number of methoxy groups -OCH3 is 1. The third-order valence-corrected chi connectivity index (χ3v) is 4.68. The van der Waals surface area contributed by atoms with Crippen LogP contribution in [0.5, 0.6) is 11.5 Å². The summed E-state index contributed by atoms with van der Waals surface area (Å²) in [4.78, 5) is 0. The number of benzene rings is 1. The molecular formula is C20H27NO4. The van der Waals surface area contributed by atoms with E-state index in [1.54, 1.807) is 13.4 Å². The molecule has 1 atom stereocenters. The number of aliphatic hydroxyl groups excluding tert-OH is 1. The molecule has 2 N–H and O–H groups in total. The summed E-state index contributed by atoms with van der Waals surface area (Å²) in [7, 11) is 1.62. The molecule has 1 aliphatic rings. The molecule has 0 saturated heterocycles. The fraction of sp³-hybridized carbons (Fsp3) is 0.500. The van der Waals surface area contributed by atoms with Gasteiger partial charge in [0, 0.05) is 24.6 Å². The summed E-state index contributed by atoms with van der Waals surface area (Å²) >= 11 is 0. The standard InChI is InChI=1S/C20H27NO4/c1-20(2)11-16(15-6-8-24-19(15)12-20)21-13-14-4-5-17(25-9-7-22)18(10-14)23-3/h4-6,8,10,16,21-22H,7,9,11-13H2,1-3H3/t16-/m0/s1. The van der Waals surface area contributed by atoms with Crippen molar-refractivity contribution in [3.8, 4) is 11.5 Å². The van der Waals surface area contributed by atoms with Gasteiger partial charge in [0.2, 0.25) is 0 Å². The van der Waals surface area contributed by atoms with Gasteiger partial charge in [0.05, 0.1) is 20.0 Å². The molecule has 0 radical (unpaired) electrons. The van der Waals surface area contributed by atoms with Crippen molar-refractivity contribution in [3.63, 3.8) is 0 Å². The Labute approximate surface area is 148 Å². The molecule has 0 saturated carbocycles. The Kier molecular flexibility index (Phi) is 5.35. The van der Waals surface area contributed by atoms with Gasteiger partial charge < -0.3 is 24.3 Å². The number of ether oxygens (including phenoxy) is 2. The third kappa shape index (κ3) is 4.17. The predicted molar refractivity (Wildman–Crippen MR) is 96.0 cm³/mol. The van der Waals surface area contributed by atoms with Gasteiger partial charge >= 0.3 is 0 Å². The van der Waals surface area contributed by atoms with E-state index in [9.17, 15) is 0 Å². The highest BCUT2D eigenvalue weighted by atomic mass is 16.5. The lowest BCUT2D eigenvalue weighted by molar-refractivity contribution is 0.196. The van der Waals surface area contributed by atoms with Crippen LogP contribution in [0, 0.1) is 5.41 Å². The largest absolute Gasteiger partial charge is 0.493 e. The summed E-state index contributed by atoms with van der Waals surface area (Å²) in [6, 6.07) is 8.25. The molecule has 1 heterocycles. The highest BCUT2D eigenvalue weighted by molar-refractivity contribution is 5.43. The van der Waals surface area contributed by atoms with Crippen LogP contribution >= 0.6 is 0 Å². The second-order valence-electron chi connectivity index (χ2n) is 7.33. The molecule has 0 spiro atoms. The Morgan fingerprint density at radius 1 is 1.28 bits per heavy atom. The fourth-order valence-corrected chi connectivity index (χ4v) is 3.49. The molecule has 1 aromatic carbocycles. The summed E-state index contributed by atoms with van der Waals surface area (Å²) in [6.07, 6.45) is 3.85. The van der Waals surface area contributed by atoms with Crippen LogP contribution in [0.25, 0.3) is 0 Å². The molecule has 0 bridgehead atoms. The maximum atomic E-state index is 8.90. The summed E-state index contributed by atoms with van der Waals surface area (Å²) < 4.78 is 16.6. The van der Waals surface area contributed by atoms with Crippen LogP contribution in [-0.2, 0) is 13.0 Å². The number of furan rings is 1. The van der Waals surface area contributed by atoms with E-state index in [0.717, 1.165) is 30.7 Å². The normalized spacial score (nSPS) is 18.6. The number of hydrogen-bond acceptors (Lipinski definition) is 5. The number of nitrogens with one attached hydrogen (secondary N) is 1. The van der Waals surface area contributed by atoms with Crippen molar-refractivity contribution >= 4 is 0 Å². The highest BCUT2D eigenvalue weighted by Gasteiger charge is 2.33. The Hall–Kier alpha value is -1.98. The molecule has 0 aliphatic heterocycles. The van der Waals surface area contributed by atoms with Crippen molar-refractivity contribution in [1.82, 2.24) is 5.32 Å². The van der Waals surface area contributed by atoms with E-state index in [2.05, 4.69) is 25.2 Å². The summed E-state index contributed by atoms with van der Waals surface area (Å²) in [6.45, 7) is 5.54. The molecule has 2 aromatic rings. The molecule has 0 unspecified atom stereocenters. The molecule has 5 nitrogen and oxygen atoms in total. The lowest BCUT2D eigenvalue weighted by Crippen LogP contribution is -2.32. The van der Waals surface area contributed by atoms with Gasteiger partial charge in [-0.3, -0.25) is 0 Å². The minimum Gasteiger partial charge on any atom is -0.493 e. The first-order chi connectivity index (χ1) is 12.0. The molecular weight excluding hydrogens is 318 g/mol. The molecule has 0 amide bonds. The van der Waals surface area contributed by atoms with Crippen LogP contribution in [0.15, 0.2) is 34.9 Å². The van der Waals surface area contributed by atoms with Crippen LogP contribution in [-0.4, -0.2) is 25.4 Å². The van der Waals surface area contributed by atoms with Crippen molar-refractivity contribution in [3.05, 3.63) is 47.4 Å². The van der Waals surface area contributed by atoms with Crippen molar-refractivity contribution in [2.24, 2.45) is 5.41 Å². The van der Waals surface area contributed by atoms with Crippen LogP contribution in [0.1, 0.15) is 43.2 Å². The van der Waals surface area contributed by atoms with Crippen molar-refractivity contribution in [2.45, 2.75) is 39.3 Å². The Morgan fingerprint density at radius 2 is 2.12 bits per heavy atom. The van der Waals surface area contributed by atoms with E-state index in [-0.39, 0.29) is 24.7 Å². The van der Waals surface area contributed by atoms with E-state index >= 15 is 0 Å². The van der Waals surface area contributed by atoms with Gasteiger partial charge in [-0.05, 0) is 35.6 Å². The van der Waals surface area contributed by atoms with Crippen LogP contribution in [0.3, 0.4) is 0 Å². The third-order valence-electron chi connectivity index (χ3n) is 4.68. The maximum absolute atomic E-state index is 8.90. The SMILES string of the molecule is COc1cc(CN[C@H]2CC(C)(C)Cc3occc32)ccc1OCCO. The van der Waals surface area contributed by atoms with Gasteiger partial charge in [0.15, 0.2) is 11.5 Å². The lowest BCUT2D eigenvalue weighted by Gasteiger charge is -2.35. The van der Waals surface area contributed by atoms with Crippen molar-refractivity contribution in [1.29, 1.82) is 0 Å². The molecule has 1 aliphatic carbocycles. The van der Waals surface area contributed by atoms with Crippen LogP contribution in [0.4, 0.5) is 0 Å². The Balaban J connectivity index is 1.69. The van der Waals surface area contributed by atoms with Crippen LogP contribution in [0.2, 0.25) is 0 Å². The maximum Gasteiger partial charge on any atom is 0.161 e. The molecule has 0 fully saturated rings. The van der Waals surface area contributed by atoms with Gasteiger partial charge in [-0.25, -0.2) is 0 Å².